The normalized spacial score (nSPS) is 24.0. The summed E-state index contributed by atoms with van der Waals surface area (Å²) >= 11 is 7.69. The number of benzene rings is 2. The molecule has 38 heavy (non-hydrogen) atoms. The SMILES string of the molecule is CS[C@H]1O[C@@H](c2ccc(Cl)c(Cc3ccc(OCCCC(=O)NC(CO)C(N)=O)cc3)c2)[C@H](O)[C@@H](O)[C@@H]1O. The van der Waals surface area contributed by atoms with Crippen LogP contribution >= 0.6 is 23.4 Å². The third-order valence-electron chi connectivity index (χ3n) is 6.20. The molecule has 2 aromatic carbocycles. The summed E-state index contributed by atoms with van der Waals surface area (Å²) in [5, 5.41) is 42.8. The van der Waals surface area contributed by atoms with Crippen molar-refractivity contribution in [2.24, 2.45) is 5.73 Å². The summed E-state index contributed by atoms with van der Waals surface area (Å²) in [5.41, 5.74) is 6.82. The Morgan fingerprint density at radius 1 is 1.13 bits per heavy atom. The summed E-state index contributed by atoms with van der Waals surface area (Å²) in [6.07, 6.45) is -1.85. The molecule has 10 nitrogen and oxygen atoms in total. The number of primary amides is 1. The van der Waals surface area contributed by atoms with Gasteiger partial charge in [0.1, 0.15) is 41.6 Å². The monoisotopic (exact) mass is 568 g/mol. The van der Waals surface area contributed by atoms with E-state index in [1.165, 1.54) is 11.8 Å². The van der Waals surface area contributed by atoms with Crippen molar-refractivity contribution in [3.8, 4) is 5.75 Å². The van der Waals surface area contributed by atoms with E-state index in [1.54, 1.807) is 30.5 Å². The van der Waals surface area contributed by atoms with Crippen LogP contribution in [0, 0.1) is 0 Å². The summed E-state index contributed by atoms with van der Waals surface area (Å²) in [7, 11) is 0. The smallest absolute Gasteiger partial charge is 0.242 e. The third kappa shape index (κ3) is 7.82. The summed E-state index contributed by atoms with van der Waals surface area (Å²) in [6.45, 7) is -0.274. The Kier molecular flexibility index (Phi) is 11.2. The van der Waals surface area contributed by atoms with E-state index in [0.717, 1.165) is 11.1 Å². The molecule has 2 aromatic rings. The highest BCUT2D eigenvalue weighted by molar-refractivity contribution is 7.99. The Morgan fingerprint density at radius 3 is 2.47 bits per heavy atom. The predicted molar refractivity (Wildman–Crippen MR) is 143 cm³/mol. The van der Waals surface area contributed by atoms with Gasteiger partial charge in [-0.2, -0.15) is 0 Å². The number of hydrogen-bond acceptors (Lipinski definition) is 9. The molecule has 3 rings (SSSR count). The summed E-state index contributed by atoms with van der Waals surface area (Å²) < 4.78 is 11.5. The molecule has 1 aliphatic rings. The minimum atomic E-state index is -1.33. The van der Waals surface area contributed by atoms with Gasteiger partial charge in [0.2, 0.25) is 11.8 Å². The molecular weight excluding hydrogens is 536 g/mol. The van der Waals surface area contributed by atoms with Crippen LogP contribution < -0.4 is 15.8 Å². The number of ether oxygens (including phenoxy) is 2. The van der Waals surface area contributed by atoms with Gasteiger partial charge in [-0.25, -0.2) is 0 Å². The lowest BCUT2D eigenvalue weighted by Crippen LogP contribution is -2.52. The molecule has 1 unspecified atom stereocenters. The van der Waals surface area contributed by atoms with Crippen molar-refractivity contribution in [2.45, 2.75) is 55.2 Å². The molecule has 1 saturated heterocycles. The van der Waals surface area contributed by atoms with Crippen molar-refractivity contribution in [1.82, 2.24) is 5.32 Å². The molecule has 1 heterocycles. The number of thioether (sulfide) groups is 1. The zero-order valence-corrected chi connectivity index (χ0v) is 22.4. The number of nitrogens with two attached hydrogens (primary N) is 1. The molecule has 0 spiro atoms. The largest absolute Gasteiger partial charge is 0.494 e. The van der Waals surface area contributed by atoms with E-state index in [0.29, 0.717) is 29.2 Å². The first kappa shape index (κ1) is 30.2. The second-order valence-corrected chi connectivity index (χ2v) is 10.3. The topological polar surface area (TPSA) is 172 Å². The van der Waals surface area contributed by atoms with Crippen molar-refractivity contribution in [3.63, 3.8) is 0 Å². The number of rotatable bonds is 12. The Bertz CT molecular complexity index is 1090. The molecule has 6 atom stereocenters. The van der Waals surface area contributed by atoms with E-state index >= 15 is 0 Å². The summed E-state index contributed by atoms with van der Waals surface area (Å²) in [5.74, 6) is -0.580. The molecule has 2 amide bonds. The van der Waals surface area contributed by atoms with Gasteiger partial charge in [-0.1, -0.05) is 35.9 Å². The molecule has 0 radical (unpaired) electrons. The Morgan fingerprint density at radius 2 is 1.84 bits per heavy atom. The van der Waals surface area contributed by atoms with Crippen molar-refractivity contribution < 1.29 is 39.5 Å². The maximum atomic E-state index is 11.8. The first-order valence-corrected chi connectivity index (χ1v) is 13.7. The van der Waals surface area contributed by atoms with Gasteiger partial charge in [-0.05, 0) is 54.0 Å². The number of nitrogens with one attached hydrogen (secondary N) is 1. The van der Waals surface area contributed by atoms with Crippen LogP contribution in [0.5, 0.6) is 5.75 Å². The molecule has 0 saturated carbocycles. The fourth-order valence-electron chi connectivity index (χ4n) is 4.04. The van der Waals surface area contributed by atoms with Crippen LogP contribution in [0.4, 0.5) is 0 Å². The Hall–Kier alpha value is -2.38. The number of aliphatic hydroxyl groups excluding tert-OH is 4. The zero-order valence-electron chi connectivity index (χ0n) is 20.8. The molecule has 1 aliphatic heterocycles. The number of hydrogen-bond donors (Lipinski definition) is 6. The standard InChI is InChI=1S/C26H33ClN2O8S/c1-38-26-23(34)21(32)22(33)24(37-26)15-6-9-18(27)16(12-15)11-14-4-7-17(8-5-14)36-10-2-3-20(31)29-19(13-30)25(28)35/h4-9,12,19,21-24,26,30,32-34H,2-3,10-11,13H2,1H3,(H2,28,35)(H,29,31)/t19?,21-,22-,23+,24+,26-/m1/s1. The summed E-state index contributed by atoms with van der Waals surface area (Å²) in [6, 6.07) is 11.6. The maximum Gasteiger partial charge on any atom is 0.242 e. The van der Waals surface area contributed by atoms with E-state index < -0.39 is 54.3 Å². The van der Waals surface area contributed by atoms with E-state index in [9.17, 15) is 24.9 Å². The van der Waals surface area contributed by atoms with Gasteiger partial charge in [0, 0.05) is 11.4 Å². The fraction of sp³-hybridized carbons (Fsp3) is 0.462. The van der Waals surface area contributed by atoms with E-state index in [4.69, 9.17) is 31.9 Å². The van der Waals surface area contributed by atoms with E-state index in [1.807, 2.05) is 18.2 Å². The first-order chi connectivity index (χ1) is 18.1. The van der Waals surface area contributed by atoms with Crippen LogP contribution in [0.1, 0.15) is 35.6 Å². The van der Waals surface area contributed by atoms with Crippen LogP contribution in [-0.2, 0) is 20.7 Å². The number of carbonyl (C=O) groups is 2. The van der Waals surface area contributed by atoms with E-state index in [2.05, 4.69) is 5.32 Å². The van der Waals surface area contributed by atoms with Gasteiger partial charge in [-0.3, -0.25) is 9.59 Å². The average Bonchev–Trinajstić information content (AvgIpc) is 2.90. The van der Waals surface area contributed by atoms with Crippen LogP contribution in [0.2, 0.25) is 5.02 Å². The minimum Gasteiger partial charge on any atom is -0.494 e. The third-order valence-corrected chi connectivity index (χ3v) is 7.42. The molecular formula is C26H33ClN2O8S. The highest BCUT2D eigenvalue weighted by atomic mass is 35.5. The maximum absolute atomic E-state index is 11.8. The van der Waals surface area contributed by atoms with Gasteiger partial charge in [0.25, 0.3) is 0 Å². The molecule has 12 heteroatoms. The molecule has 7 N–H and O–H groups in total. The highest BCUT2D eigenvalue weighted by Crippen LogP contribution is 2.37. The second kappa shape index (κ2) is 14.1. The Balaban J connectivity index is 1.55. The van der Waals surface area contributed by atoms with Crippen molar-refractivity contribution in [2.75, 3.05) is 19.5 Å². The van der Waals surface area contributed by atoms with Crippen LogP contribution in [-0.4, -0.2) is 81.5 Å². The second-order valence-electron chi connectivity index (χ2n) is 8.96. The average molecular weight is 569 g/mol. The van der Waals surface area contributed by atoms with Crippen molar-refractivity contribution >= 4 is 35.2 Å². The van der Waals surface area contributed by atoms with Crippen molar-refractivity contribution in [3.05, 3.63) is 64.2 Å². The lowest BCUT2D eigenvalue weighted by Gasteiger charge is -2.40. The molecule has 1 fully saturated rings. The number of amides is 2. The van der Waals surface area contributed by atoms with Crippen molar-refractivity contribution in [1.29, 1.82) is 0 Å². The van der Waals surface area contributed by atoms with Gasteiger partial charge < -0.3 is 41.0 Å². The van der Waals surface area contributed by atoms with Gasteiger partial charge >= 0.3 is 0 Å². The number of aliphatic hydroxyl groups is 4. The molecule has 0 bridgehead atoms. The number of carbonyl (C=O) groups excluding carboxylic acids is 2. The van der Waals surface area contributed by atoms with Crippen LogP contribution in [0.3, 0.4) is 0 Å². The first-order valence-electron chi connectivity index (χ1n) is 12.1. The zero-order chi connectivity index (χ0) is 27.8. The quantitative estimate of drug-likeness (QED) is 0.203. The van der Waals surface area contributed by atoms with Gasteiger partial charge in [-0.15, -0.1) is 11.8 Å². The van der Waals surface area contributed by atoms with E-state index in [-0.39, 0.29) is 13.0 Å². The number of halogens is 1. The lowest BCUT2D eigenvalue weighted by molar-refractivity contribution is -0.200. The summed E-state index contributed by atoms with van der Waals surface area (Å²) in [4.78, 5) is 22.9. The molecule has 208 valence electrons. The molecule has 0 aliphatic carbocycles. The van der Waals surface area contributed by atoms with Crippen LogP contribution in [0.15, 0.2) is 42.5 Å². The van der Waals surface area contributed by atoms with Gasteiger partial charge in [0.05, 0.1) is 13.2 Å². The van der Waals surface area contributed by atoms with Crippen LogP contribution in [0.25, 0.3) is 0 Å². The Labute approximate surface area is 230 Å². The predicted octanol–water partition coefficient (Wildman–Crippen LogP) is 0.895. The lowest BCUT2D eigenvalue weighted by atomic mass is 9.92. The molecule has 0 aromatic heterocycles. The fourth-order valence-corrected chi connectivity index (χ4v) is 4.90. The minimum absolute atomic E-state index is 0.115. The van der Waals surface area contributed by atoms with Gasteiger partial charge in [0.15, 0.2) is 0 Å². The highest BCUT2D eigenvalue weighted by Gasteiger charge is 2.44.